The number of thiophene rings is 1. The van der Waals surface area contributed by atoms with E-state index in [-0.39, 0.29) is 10.0 Å². The maximum Gasteiger partial charge on any atom is 0.241 e. The number of amides is 1. The molecular weight excluding hydrogens is 442 g/mol. The maximum atomic E-state index is 12.9. The summed E-state index contributed by atoms with van der Waals surface area (Å²) in [5.41, 5.74) is 1.16. The zero-order chi connectivity index (χ0) is 18.9. The first-order valence-corrected chi connectivity index (χ1v) is 11.0. The second-order valence-electron chi connectivity index (χ2n) is 5.04. The Labute approximate surface area is 166 Å². The summed E-state index contributed by atoms with van der Waals surface area (Å²) >= 11 is 14.3. The summed E-state index contributed by atoms with van der Waals surface area (Å²) in [6.45, 7) is 0. The number of aromatic nitrogens is 1. The van der Waals surface area contributed by atoms with Gasteiger partial charge in [-0.1, -0.05) is 23.2 Å². The van der Waals surface area contributed by atoms with E-state index in [1.54, 1.807) is 11.4 Å². The molecule has 1 aromatic carbocycles. The molecule has 5 nitrogen and oxygen atoms in total. The molecular formula is C15H9Cl2FN2O3S3. The van der Waals surface area contributed by atoms with E-state index < -0.39 is 27.3 Å². The Morgan fingerprint density at radius 1 is 1.23 bits per heavy atom. The SMILES string of the molecule is O=C(CS(=O)(=O)c1ccc(F)cc1)Nc1nc(-c2cc(Cl)sc2Cl)cs1. The molecule has 3 rings (SSSR count). The zero-order valence-corrected chi connectivity index (χ0v) is 16.7. The number of nitrogens with one attached hydrogen (secondary N) is 1. The van der Waals surface area contributed by atoms with Crippen molar-refractivity contribution >= 4 is 66.8 Å². The van der Waals surface area contributed by atoms with E-state index in [1.807, 2.05) is 0 Å². The van der Waals surface area contributed by atoms with Crippen LogP contribution in [-0.2, 0) is 14.6 Å². The molecule has 0 aliphatic heterocycles. The van der Waals surface area contributed by atoms with Gasteiger partial charge >= 0.3 is 0 Å². The minimum Gasteiger partial charge on any atom is -0.301 e. The Kier molecular flexibility index (Phi) is 5.64. The van der Waals surface area contributed by atoms with Gasteiger partial charge in [0.25, 0.3) is 0 Å². The number of rotatable bonds is 5. The molecule has 11 heteroatoms. The first-order valence-electron chi connectivity index (χ1n) is 6.93. The average molecular weight is 451 g/mol. The van der Waals surface area contributed by atoms with Crippen molar-refractivity contribution in [3.63, 3.8) is 0 Å². The van der Waals surface area contributed by atoms with Crippen molar-refractivity contribution < 1.29 is 17.6 Å². The van der Waals surface area contributed by atoms with Gasteiger partial charge in [0.1, 0.15) is 15.9 Å². The zero-order valence-electron chi connectivity index (χ0n) is 12.7. The van der Waals surface area contributed by atoms with Crippen molar-refractivity contribution in [3.8, 4) is 11.3 Å². The van der Waals surface area contributed by atoms with Gasteiger partial charge in [0.15, 0.2) is 15.0 Å². The summed E-state index contributed by atoms with van der Waals surface area (Å²) in [7, 11) is -3.88. The summed E-state index contributed by atoms with van der Waals surface area (Å²) in [6, 6.07) is 5.93. The summed E-state index contributed by atoms with van der Waals surface area (Å²) in [4.78, 5) is 16.1. The third-order valence-electron chi connectivity index (χ3n) is 3.18. The van der Waals surface area contributed by atoms with Crippen molar-refractivity contribution in [2.24, 2.45) is 0 Å². The van der Waals surface area contributed by atoms with E-state index in [1.165, 1.54) is 11.3 Å². The van der Waals surface area contributed by atoms with E-state index in [2.05, 4.69) is 10.3 Å². The second-order valence-corrected chi connectivity index (χ2v) is 10.2. The number of nitrogens with zero attached hydrogens (tertiary/aromatic N) is 1. The molecule has 136 valence electrons. The summed E-state index contributed by atoms with van der Waals surface area (Å²) in [5, 5.41) is 4.35. The van der Waals surface area contributed by atoms with Gasteiger partial charge in [0.05, 0.1) is 14.9 Å². The van der Waals surface area contributed by atoms with Crippen LogP contribution in [0.2, 0.25) is 8.67 Å². The van der Waals surface area contributed by atoms with Crippen molar-refractivity contribution in [3.05, 3.63) is 50.2 Å². The number of sulfone groups is 1. The van der Waals surface area contributed by atoms with E-state index in [0.29, 0.717) is 19.9 Å². The Morgan fingerprint density at radius 3 is 2.54 bits per heavy atom. The fourth-order valence-electron chi connectivity index (χ4n) is 2.02. The highest BCUT2D eigenvalue weighted by Crippen LogP contribution is 2.38. The smallest absolute Gasteiger partial charge is 0.241 e. The molecule has 0 saturated heterocycles. The Balaban J connectivity index is 1.71. The lowest BCUT2D eigenvalue weighted by Crippen LogP contribution is -2.23. The molecule has 0 bridgehead atoms. The highest BCUT2D eigenvalue weighted by atomic mass is 35.5. The molecule has 0 unspecified atom stereocenters. The molecule has 26 heavy (non-hydrogen) atoms. The van der Waals surface area contributed by atoms with Crippen LogP contribution in [0.15, 0.2) is 40.6 Å². The van der Waals surface area contributed by atoms with Crippen LogP contribution in [0.5, 0.6) is 0 Å². The molecule has 0 radical (unpaired) electrons. The van der Waals surface area contributed by atoms with Crippen LogP contribution in [0, 0.1) is 5.82 Å². The lowest BCUT2D eigenvalue weighted by molar-refractivity contribution is -0.113. The van der Waals surface area contributed by atoms with Crippen LogP contribution < -0.4 is 5.32 Å². The molecule has 1 N–H and O–H groups in total. The molecule has 1 amide bonds. The number of hydrogen-bond donors (Lipinski definition) is 1. The monoisotopic (exact) mass is 450 g/mol. The van der Waals surface area contributed by atoms with Crippen LogP contribution >= 0.6 is 45.9 Å². The fourth-order valence-corrected chi connectivity index (χ4v) is 5.37. The third-order valence-corrected chi connectivity index (χ3v) is 7.05. The minimum absolute atomic E-state index is 0.131. The molecule has 0 saturated carbocycles. The predicted molar refractivity (Wildman–Crippen MR) is 103 cm³/mol. The highest BCUT2D eigenvalue weighted by Gasteiger charge is 2.20. The van der Waals surface area contributed by atoms with Crippen molar-refractivity contribution in [1.82, 2.24) is 4.98 Å². The van der Waals surface area contributed by atoms with Gasteiger partial charge in [-0.2, -0.15) is 0 Å². The normalized spacial score (nSPS) is 11.5. The highest BCUT2D eigenvalue weighted by molar-refractivity contribution is 7.92. The van der Waals surface area contributed by atoms with Crippen LogP contribution in [0.25, 0.3) is 11.3 Å². The topological polar surface area (TPSA) is 76.1 Å². The van der Waals surface area contributed by atoms with Crippen LogP contribution in [0.3, 0.4) is 0 Å². The van der Waals surface area contributed by atoms with Gasteiger partial charge in [0.2, 0.25) is 5.91 Å². The van der Waals surface area contributed by atoms with Gasteiger partial charge in [-0.15, -0.1) is 22.7 Å². The van der Waals surface area contributed by atoms with Gasteiger partial charge in [-0.05, 0) is 30.3 Å². The number of hydrogen-bond acceptors (Lipinski definition) is 6. The molecule has 2 aromatic heterocycles. The number of carbonyl (C=O) groups excluding carboxylic acids is 1. The maximum absolute atomic E-state index is 12.9. The van der Waals surface area contributed by atoms with Gasteiger partial charge in [-0.3, -0.25) is 4.79 Å². The number of anilines is 1. The standard InChI is InChI=1S/C15H9Cl2FN2O3S3/c16-12-5-10(14(17)25-12)11-6-24-15(19-11)20-13(21)7-26(22,23)9-3-1-8(18)2-4-9/h1-6H,7H2,(H,19,20,21). The molecule has 0 aliphatic carbocycles. The van der Waals surface area contributed by atoms with Gasteiger partial charge in [-0.25, -0.2) is 17.8 Å². The lowest BCUT2D eigenvalue weighted by Gasteiger charge is -2.04. The summed E-state index contributed by atoms with van der Waals surface area (Å²) < 4.78 is 38.3. The predicted octanol–water partition coefficient (Wildman–Crippen LogP) is 4.73. The lowest BCUT2D eigenvalue weighted by atomic mass is 10.3. The first-order chi connectivity index (χ1) is 12.2. The summed E-state index contributed by atoms with van der Waals surface area (Å²) in [5.74, 6) is -2.08. The minimum atomic E-state index is -3.88. The first kappa shape index (κ1) is 19.2. The number of benzene rings is 1. The molecule has 2 heterocycles. The fraction of sp³-hybridized carbons (Fsp3) is 0.0667. The molecule has 0 fully saturated rings. The Hall–Kier alpha value is -1.52. The molecule has 0 aliphatic rings. The number of carbonyl (C=O) groups is 1. The van der Waals surface area contributed by atoms with Crippen molar-refractivity contribution in [1.29, 1.82) is 0 Å². The quantitative estimate of drug-likeness (QED) is 0.569. The number of halogens is 3. The second kappa shape index (κ2) is 7.61. The van der Waals surface area contributed by atoms with Crippen molar-refractivity contribution in [2.45, 2.75) is 4.90 Å². The van der Waals surface area contributed by atoms with Gasteiger partial charge < -0.3 is 5.32 Å². The Bertz CT molecular complexity index is 1060. The summed E-state index contributed by atoms with van der Waals surface area (Å²) in [6.07, 6.45) is 0. The third kappa shape index (κ3) is 4.41. The largest absolute Gasteiger partial charge is 0.301 e. The van der Waals surface area contributed by atoms with E-state index in [9.17, 15) is 17.6 Å². The van der Waals surface area contributed by atoms with Gasteiger partial charge in [0, 0.05) is 10.9 Å². The van der Waals surface area contributed by atoms with E-state index >= 15 is 0 Å². The van der Waals surface area contributed by atoms with E-state index in [0.717, 1.165) is 35.6 Å². The number of thiazole rings is 1. The molecule has 3 aromatic rings. The van der Waals surface area contributed by atoms with Crippen molar-refractivity contribution in [2.75, 3.05) is 11.1 Å². The van der Waals surface area contributed by atoms with Crippen LogP contribution in [0.1, 0.15) is 0 Å². The van der Waals surface area contributed by atoms with Crippen LogP contribution in [0.4, 0.5) is 9.52 Å². The molecule has 0 atom stereocenters. The van der Waals surface area contributed by atoms with Crippen LogP contribution in [-0.4, -0.2) is 25.1 Å². The Morgan fingerprint density at radius 2 is 1.92 bits per heavy atom. The van der Waals surface area contributed by atoms with E-state index in [4.69, 9.17) is 23.2 Å². The average Bonchev–Trinajstić information content (AvgIpc) is 3.13. The molecule has 0 spiro atoms.